The first-order chi connectivity index (χ1) is 10.7. The van der Waals surface area contributed by atoms with E-state index in [1.807, 2.05) is 18.2 Å². The number of aromatic nitrogens is 2. The van der Waals surface area contributed by atoms with Crippen LogP contribution in [0.4, 0.5) is 8.78 Å². The summed E-state index contributed by atoms with van der Waals surface area (Å²) < 4.78 is 29.0. The van der Waals surface area contributed by atoms with Gasteiger partial charge < -0.3 is 10.5 Å². The summed E-state index contributed by atoms with van der Waals surface area (Å²) in [5.74, 6) is 0.103. The third kappa shape index (κ3) is 3.01. The maximum Gasteiger partial charge on any atom is 0.387 e. The van der Waals surface area contributed by atoms with E-state index in [4.69, 9.17) is 5.73 Å². The molecule has 22 heavy (non-hydrogen) atoms. The summed E-state index contributed by atoms with van der Waals surface area (Å²) in [6.07, 6.45) is 1.71. The smallest absolute Gasteiger partial charge is 0.387 e. The fourth-order valence-corrected chi connectivity index (χ4v) is 2.16. The van der Waals surface area contributed by atoms with Gasteiger partial charge in [0.2, 0.25) is 0 Å². The molecular weight excluding hydrogens is 288 g/mol. The number of benzene rings is 1. The molecule has 0 fully saturated rings. The van der Waals surface area contributed by atoms with Crippen LogP contribution in [0.3, 0.4) is 0 Å². The lowest BCUT2D eigenvalue weighted by atomic mass is 10.1. The van der Waals surface area contributed by atoms with Crippen LogP contribution in [0.25, 0.3) is 22.2 Å². The zero-order chi connectivity index (χ0) is 15.5. The average Bonchev–Trinajstić information content (AvgIpc) is 2.53. The largest absolute Gasteiger partial charge is 0.435 e. The minimum atomic E-state index is -2.85. The molecule has 0 aliphatic heterocycles. The van der Waals surface area contributed by atoms with Gasteiger partial charge in [-0.3, -0.25) is 4.98 Å². The van der Waals surface area contributed by atoms with E-state index in [1.165, 1.54) is 12.1 Å². The minimum absolute atomic E-state index is 0.103. The molecular formula is C16H13F2N3O. The van der Waals surface area contributed by atoms with Crippen molar-refractivity contribution >= 4 is 10.9 Å². The Bertz CT molecular complexity index is 808. The highest BCUT2D eigenvalue weighted by Gasteiger charge is 2.07. The number of hydrogen-bond acceptors (Lipinski definition) is 4. The van der Waals surface area contributed by atoms with Gasteiger partial charge in [0.1, 0.15) is 5.75 Å². The monoisotopic (exact) mass is 301 g/mol. The molecule has 112 valence electrons. The van der Waals surface area contributed by atoms with Gasteiger partial charge in [0.05, 0.1) is 16.9 Å². The minimum Gasteiger partial charge on any atom is -0.435 e. The van der Waals surface area contributed by atoms with Crippen LogP contribution in [-0.2, 0) is 6.54 Å². The summed E-state index contributed by atoms with van der Waals surface area (Å²) in [5, 5.41) is 0.890. The summed E-state index contributed by atoms with van der Waals surface area (Å²) in [6, 6.07) is 12.0. The van der Waals surface area contributed by atoms with E-state index in [-0.39, 0.29) is 5.75 Å². The normalized spacial score (nSPS) is 11.1. The van der Waals surface area contributed by atoms with Crippen molar-refractivity contribution in [2.45, 2.75) is 13.2 Å². The Labute approximate surface area is 125 Å². The molecule has 0 radical (unpaired) electrons. The van der Waals surface area contributed by atoms with E-state index in [1.54, 1.807) is 18.3 Å². The first-order valence-electron chi connectivity index (χ1n) is 6.67. The average molecular weight is 301 g/mol. The van der Waals surface area contributed by atoms with Crippen molar-refractivity contribution in [1.82, 2.24) is 9.97 Å². The second kappa shape index (κ2) is 6.03. The van der Waals surface area contributed by atoms with Crippen LogP contribution < -0.4 is 10.5 Å². The fraction of sp³-hybridized carbons (Fsp3) is 0.125. The van der Waals surface area contributed by atoms with Crippen molar-refractivity contribution in [2.24, 2.45) is 5.73 Å². The second-order valence-electron chi connectivity index (χ2n) is 4.68. The number of alkyl halides is 2. The van der Waals surface area contributed by atoms with Gasteiger partial charge in [-0.15, -0.1) is 0 Å². The Balaban J connectivity index is 2.02. The number of pyridine rings is 2. The molecule has 1 aromatic carbocycles. The van der Waals surface area contributed by atoms with Crippen LogP contribution in [0.2, 0.25) is 0 Å². The lowest BCUT2D eigenvalue weighted by molar-refractivity contribution is -0.0498. The lowest BCUT2D eigenvalue weighted by Crippen LogP contribution is -2.01. The molecule has 0 unspecified atom stereocenters. The van der Waals surface area contributed by atoms with Gasteiger partial charge in [-0.05, 0) is 30.3 Å². The third-order valence-corrected chi connectivity index (χ3v) is 3.19. The summed E-state index contributed by atoms with van der Waals surface area (Å²) in [6.45, 7) is -2.52. The fourth-order valence-electron chi connectivity index (χ4n) is 2.16. The molecule has 2 heterocycles. The highest BCUT2D eigenvalue weighted by Crippen LogP contribution is 2.25. The van der Waals surface area contributed by atoms with Gasteiger partial charge >= 0.3 is 6.61 Å². The van der Waals surface area contributed by atoms with Crippen LogP contribution in [0, 0.1) is 0 Å². The number of fused-ring (bicyclic) bond motifs is 1. The molecule has 4 nitrogen and oxygen atoms in total. The summed E-state index contributed by atoms with van der Waals surface area (Å²) in [5.41, 5.74) is 8.45. The zero-order valence-corrected chi connectivity index (χ0v) is 11.5. The quantitative estimate of drug-likeness (QED) is 0.802. The van der Waals surface area contributed by atoms with Crippen LogP contribution in [0.5, 0.6) is 5.75 Å². The summed E-state index contributed by atoms with van der Waals surface area (Å²) >= 11 is 0. The Morgan fingerprint density at radius 2 is 2.00 bits per heavy atom. The Hall–Kier alpha value is -2.60. The molecule has 3 rings (SSSR count). The van der Waals surface area contributed by atoms with Gasteiger partial charge in [-0.25, -0.2) is 4.98 Å². The van der Waals surface area contributed by atoms with E-state index < -0.39 is 6.61 Å². The Morgan fingerprint density at radius 1 is 1.14 bits per heavy atom. The summed E-state index contributed by atoms with van der Waals surface area (Å²) in [7, 11) is 0. The van der Waals surface area contributed by atoms with E-state index in [0.29, 0.717) is 17.8 Å². The van der Waals surface area contributed by atoms with Gasteiger partial charge in [-0.1, -0.05) is 12.1 Å². The Morgan fingerprint density at radius 3 is 2.77 bits per heavy atom. The number of rotatable bonds is 4. The second-order valence-corrected chi connectivity index (χ2v) is 4.68. The maximum absolute atomic E-state index is 12.3. The van der Waals surface area contributed by atoms with Crippen LogP contribution in [-0.4, -0.2) is 16.6 Å². The number of hydrogen-bond donors (Lipinski definition) is 1. The predicted octanol–water partition coefficient (Wildman–Crippen LogP) is 3.36. The topological polar surface area (TPSA) is 61.0 Å². The maximum atomic E-state index is 12.3. The highest BCUT2D eigenvalue weighted by molar-refractivity contribution is 5.81. The molecule has 2 N–H and O–H groups in total. The number of halogens is 2. The molecule has 0 atom stereocenters. The van der Waals surface area contributed by atoms with Crippen LogP contribution in [0.15, 0.2) is 48.7 Å². The van der Waals surface area contributed by atoms with Crippen molar-refractivity contribution in [3.63, 3.8) is 0 Å². The van der Waals surface area contributed by atoms with Crippen molar-refractivity contribution in [1.29, 1.82) is 0 Å². The molecule has 6 heteroatoms. The van der Waals surface area contributed by atoms with Gasteiger partial charge in [0.15, 0.2) is 0 Å². The molecule has 0 saturated carbocycles. The van der Waals surface area contributed by atoms with Gasteiger partial charge in [-0.2, -0.15) is 8.78 Å². The zero-order valence-electron chi connectivity index (χ0n) is 11.5. The molecule has 0 aliphatic rings. The number of ether oxygens (including phenoxy) is 1. The molecule has 0 spiro atoms. The predicted molar refractivity (Wildman–Crippen MR) is 79.5 cm³/mol. The molecule has 0 saturated heterocycles. The van der Waals surface area contributed by atoms with Crippen molar-refractivity contribution < 1.29 is 13.5 Å². The van der Waals surface area contributed by atoms with E-state index in [9.17, 15) is 8.78 Å². The van der Waals surface area contributed by atoms with Crippen molar-refractivity contribution in [3.8, 4) is 17.0 Å². The van der Waals surface area contributed by atoms with Crippen molar-refractivity contribution in [2.75, 3.05) is 0 Å². The SMILES string of the molecule is NCc1cc2nc(-c3cccc(OC(F)F)c3)ccc2cn1. The molecule has 3 aromatic rings. The van der Waals surface area contributed by atoms with Gasteiger partial charge in [0, 0.05) is 23.7 Å². The van der Waals surface area contributed by atoms with E-state index in [0.717, 1.165) is 16.6 Å². The molecule has 2 aromatic heterocycles. The van der Waals surface area contributed by atoms with Gasteiger partial charge in [0.25, 0.3) is 0 Å². The Kier molecular flexibility index (Phi) is 3.93. The van der Waals surface area contributed by atoms with Crippen molar-refractivity contribution in [3.05, 3.63) is 54.4 Å². The molecule has 0 bridgehead atoms. The first-order valence-corrected chi connectivity index (χ1v) is 6.67. The van der Waals surface area contributed by atoms with E-state index in [2.05, 4.69) is 14.7 Å². The van der Waals surface area contributed by atoms with Crippen LogP contribution in [0.1, 0.15) is 5.69 Å². The van der Waals surface area contributed by atoms with Crippen LogP contribution >= 0.6 is 0 Å². The first kappa shape index (κ1) is 14.3. The summed E-state index contributed by atoms with van der Waals surface area (Å²) in [4.78, 5) is 8.74. The molecule has 0 amide bonds. The number of nitrogens with zero attached hydrogens (tertiary/aromatic N) is 2. The highest BCUT2D eigenvalue weighted by atomic mass is 19.3. The van der Waals surface area contributed by atoms with E-state index >= 15 is 0 Å². The molecule has 0 aliphatic carbocycles. The number of nitrogens with two attached hydrogens (primary N) is 1. The lowest BCUT2D eigenvalue weighted by Gasteiger charge is -2.07. The third-order valence-electron chi connectivity index (χ3n) is 3.19. The standard InChI is InChI=1S/C16H13F2N3O/c17-16(18)22-13-3-1-2-10(6-13)14-5-4-11-9-20-12(8-19)7-15(11)21-14/h1-7,9,16H,8,19H2.